The van der Waals surface area contributed by atoms with E-state index in [4.69, 9.17) is 15.6 Å². The van der Waals surface area contributed by atoms with Crippen LogP contribution in [0.4, 0.5) is 18.9 Å². The second kappa shape index (κ2) is 5.85. The fraction of sp³-hybridized carbons (Fsp3) is 0.300. The summed E-state index contributed by atoms with van der Waals surface area (Å²) in [6, 6.07) is 4.11. The summed E-state index contributed by atoms with van der Waals surface area (Å²) in [7, 11) is 0. The lowest BCUT2D eigenvalue weighted by Gasteiger charge is -2.11. The summed E-state index contributed by atoms with van der Waals surface area (Å²) >= 11 is -0.240. The smallest absolute Gasteiger partial charge is 0.441 e. The molecule has 0 bridgehead atoms. The van der Waals surface area contributed by atoms with Gasteiger partial charge in [-0.05, 0) is 23.9 Å². The van der Waals surface area contributed by atoms with Crippen LogP contribution < -0.4 is 10.5 Å². The Morgan fingerprint density at radius 1 is 1.44 bits per heavy atom. The number of para-hydroxylation sites is 1. The molecule has 18 heavy (non-hydrogen) atoms. The van der Waals surface area contributed by atoms with E-state index in [2.05, 4.69) is 0 Å². The number of carboxylic acids is 1. The van der Waals surface area contributed by atoms with Gasteiger partial charge in [-0.15, -0.1) is 0 Å². The molecule has 0 aliphatic rings. The molecule has 1 aromatic rings. The molecule has 0 heterocycles. The van der Waals surface area contributed by atoms with Crippen molar-refractivity contribution in [2.45, 2.75) is 5.51 Å². The Balaban J connectivity index is 2.64. The van der Waals surface area contributed by atoms with Crippen LogP contribution >= 0.6 is 11.8 Å². The predicted molar refractivity (Wildman–Crippen MR) is 61.8 cm³/mol. The van der Waals surface area contributed by atoms with Crippen molar-refractivity contribution in [1.82, 2.24) is 0 Å². The van der Waals surface area contributed by atoms with Crippen molar-refractivity contribution in [3.05, 3.63) is 23.8 Å². The predicted octanol–water partition coefficient (Wildman–Crippen LogP) is 2.60. The van der Waals surface area contributed by atoms with E-state index in [-0.39, 0.29) is 41.1 Å². The Bertz CT molecular complexity index is 437. The summed E-state index contributed by atoms with van der Waals surface area (Å²) in [5.74, 6) is -1.69. The normalized spacial score (nSPS) is 11.3. The number of anilines is 1. The van der Waals surface area contributed by atoms with Gasteiger partial charge < -0.3 is 15.6 Å². The van der Waals surface area contributed by atoms with Crippen molar-refractivity contribution in [3.8, 4) is 5.75 Å². The van der Waals surface area contributed by atoms with Gasteiger partial charge in [0, 0.05) is 5.75 Å². The number of aromatic carboxylic acids is 1. The summed E-state index contributed by atoms with van der Waals surface area (Å²) in [5, 5.41) is 8.86. The zero-order valence-corrected chi connectivity index (χ0v) is 9.85. The van der Waals surface area contributed by atoms with Gasteiger partial charge in [-0.1, -0.05) is 6.07 Å². The molecule has 0 saturated carbocycles. The number of carboxylic acid groups (broad SMARTS) is 1. The molecule has 0 unspecified atom stereocenters. The van der Waals surface area contributed by atoms with Gasteiger partial charge in [0.15, 0.2) is 5.75 Å². The first-order valence-electron chi connectivity index (χ1n) is 4.76. The maximum atomic E-state index is 11.9. The fourth-order valence-corrected chi connectivity index (χ4v) is 1.58. The summed E-state index contributed by atoms with van der Waals surface area (Å²) in [5.41, 5.74) is 1.08. The van der Waals surface area contributed by atoms with Gasteiger partial charge in [-0.25, -0.2) is 4.79 Å². The maximum Gasteiger partial charge on any atom is 0.441 e. The Hall–Kier alpha value is -1.57. The van der Waals surface area contributed by atoms with Crippen LogP contribution in [0.25, 0.3) is 0 Å². The minimum absolute atomic E-state index is 0.0758. The first-order valence-corrected chi connectivity index (χ1v) is 5.75. The largest absolute Gasteiger partial charge is 0.490 e. The average molecular weight is 281 g/mol. The molecule has 0 aliphatic heterocycles. The van der Waals surface area contributed by atoms with E-state index >= 15 is 0 Å². The number of hydrogen-bond acceptors (Lipinski definition) is 4. The molecule has 100 valence electrons. The highest BCUT2D eigenvalue weighted by Gasteiger charge is 2.27. The Morgan fingerprint density at radius 3 is 2.67 bits per heavy atom. The number of nitrogen functional groups attached to an aromatic ring is 1. The van der Waals surface area contributed by atoms with E-state index < -0.39 is 11.5 Å². The van der Waals surface area contributed by atoms with Crippen molar-refractivity contribution in [2.24, 2.45) is 0 Å². The van der Waals surface area contributed by atoms with Gasteiger partial charge in [0.2, 0.25) is 0 Å². The van der Waals surface area contributed by atoms with Crippen molar-refractivity contribution in [3.63, 3.8) is 0 Å². The van der Waals surface area contributed by atoms with Crippen molar-refractivity contribution < 1.29 is 27.8 Å². The van der Waals surface area contributed by atoms with Gasteiger partial charge in [0.1, 0.15) is 5.56 Å². The van der Waals surface area contributed by atoms with Crippen molar-refractivity contribution in [2.75, 3.05) is 18.1 Å². The second-order valence-electron chi connectivity index (χ2n) is 3.17. The van der Waals surface area contributed by atoms with Crippen LogP contribution in [0.1, 0.15) is 10.4 Å². The zero-order valence-electron chi connectivity index (χ0n) is 9.03. The lowest BCUT2D eigenvalue weighted by Crippen LogP contribution is -2.11. The molecular formula is C10H10F3NO3S. The molecule has 1 rings (SSSR count). The minimum Gasteiger partial charge on any atom is -0.490 e. The Labute approximate surface area is 105 Å². The van der Waals surface area contributed by atoms with Gasteiger partial charge in [0.05, 0.1) is 12.3 Å². The molecule has 1 aromatic carbocycles. The van der Waals surface area contributed by atoms with Crippen LogP contribution in [-0.4, -0.2) is 28.9 Å². The summed E-state index contributed by atoms with van der Waals surface area (Å²) in [6.45, 7) is -0.279. The topological polar surface area (TPSA) is 72.6 Å². The Morgan fingerprint density at radius 2 is 2.11 bits per heavy atom. The number of benzene rings is 1. The molecule has 0 saturated heterocycles. The summed E-state index contributed by atoms with van der Waals surface area (Å²) in [4.78, 5) is 10.8. The molecule has 4 nitrogen and oxygen atoms in total. The average Bonchev–Trinajstić information content (AvgIpc) is 2.24. The summed E-state index contributed by atoms with van der Waals surface area (Å²) in [6.07, 6.45) is 0. The van der Waals surface area contributed by atoms with Crippen LogP contribution in [0, 0.1) is 0 Å². The number of carbonyl (C=O) groups is 1. The quantitative estimate of drug-likeness (QED) is 0.641. The molecule has 0 atom stereocenters. The third-order valence-corrected chi connectivity index (χ3v) is 2.57. The van der Waals surface area contributed by atoms with E-state index in [1.807, 2.05) is 0 Å². The standard InChI is InChI=1S/C10H10F3NO3S/c11-10(12,13)18-5-4-17-8-6(9(15)16)2-1-3-7(8)14/h1-3H,4-5,14H2,(H,15,16). The van der Waals surface area contributed by atoms with E-state index in [1.165, 1.54) is 18.2 Å². The first-order chi connectivity index (χ1) is 8.31. The summed E-state index contributed by atoms with van der Waals surface area (Å²) < 4.78 is 40.6. The third kappa shape index (κ3) is 4.36. The van der Waals surface area contributed by atoms with E-state index in [0.717, 1.165) is 0 Å². The van der Waals surface area contributed by atoms with Crippen LogP contribution in [0.15, 0.2) is 18.2 Å². The molecular weight excluding hydrogens is 271 g/mol. The van der Waals surface area contributed by atoms with Crippen LogP contribution in [0.3, 0.4) is 0 Å². The van der Waals surface area contributed by atoms with E-state index in [9.17, 15) is 18.0 Å². The second-order valence-corrected chi connectivity index (χ2v) is 4.33. The number of nitrogens with two attached hydrogens (primary N) is 1. The van der Waals surface area contributed by atoms with Crippen LogP contribution in [-0.2, 0) is 0 Å². The van der Waals surface area contributed by atoms with Crippen LogP contribution in [0.5, 0.6) is 5.75 Å². The molecule has 0 aromatic heterocycles. The van der Waals surface area contributed by atoms with Crippen molar-refractivity contribution >= 4 is 23.4 Å². The molecule has 0 spiro atoms. The molecule has 0 aliphatic carbocycles. The number of rotatable bonds is 5. The number of halogens is 3. The fourth-order valence-electron chi connectivity index (χ4n) is 1.19. The highest BCUT2D eigenvalue weighted by Crippen LogP contribution is 2.31. The minimum atomic E-state index is -4.33. The van der Waals surface area contributed by atoms with Gasteiger partial charge in [-0.3, -0.25) is 0 Å². The van der Waals surface area contributed by atoms with Gasteiger partial charge in [-0.2, -0.15) is 13.2 Å². The lowest BCUT2D eigenvalue weighted by molar-refractivity contribution is -0.0329. The maximum absolute atomic E-state index is 11.9. The highest BCUT2D eigenvalue weighted by molar-refractivity contribution is 8.00. The number of ether oxygens (including phenoxy) is 1. The molecule has 8 heteroatoms. The SMILES string of the molecule is Nc1cccc(C(=O)O)c1OCCSC(F)(F)F. The van der Waals surface area contributed by atoms with Gasteiger partial charge >= 0.3 is 11.5 Å². The van der Waals surface area contributed by atoms with E-state index in [0.29, 0.717) is 0 Å². The number of hydrogen-bond donors (Lipinski definition) is 2. The molecule has 0 radical (unpaired) electrons. The van der Waals surface area contributed by atoms with Crippen molar-refractivity contribution in [1.29, 1.82) is 0 Å². The molecule has 0 amide bonds. The van der Waals surface area contributed by atoms with E-state index in [1.54, 1.807) is 0 Å². The van der Waals surface area contributed by atoms with Gasteiger partial charge in [0.25, 0.3) is 0 Å². The first kappa shape index (κ1) is 14.5. The Kier molecular flexibility index (Phi) is 4.71. The molecule has 3 N–H and O–H groups in total. The monoisotopic (exact) mass is 281 g/mol. The third-order valence-electron chi connectivity index (χ3n) is 1.87. The molecule has 0 fully saturated rings. The highest BCUT2D eigenvalue weighted by atomic mass is 32.2. The van der Waals surface area contributed by atoms with Crippen LogP contribution in [0.2, 0.25) is 0 Å². The number of thioether (sulfide) groups is 1. The zero-order chi connectivity index (χ0) is 13.8. The number of alkyl halides is 3. The lowest BCUT2D eigenvalue weighted by atomic mass is 10.2.